The van der Waals surface area contributed by atoms with Crippen molar-refractivity contribution in [1.82, 2.24) is 10.0 Å². The molecule has 6 nitrogen and oxygen atoms in total. The number of rotatable bonds is 6. The van der Waals surface area contributed by atoms with E-state index in [1.54, 1.807) is 24.3 Å². The largest absolute Gasteiger partial charge is 0.465 e. The van der Waals surface area contributed by atoms with Crippen molar-refractivity contribution in [3.8, 4) is 0 Å². The van der Waals surface area contributed by atoms with Gasteiger partial charge in [-0.15, -0.1) is 0 Å². The van der Waals surface area contributed by atoms with Crippen LogP contribution >= 0.6 is 0 Å². The van der Waals surface area contributed by atoms with Crippen molar-refractivity contribution in [3.05, 3.63) is 35.4 Å². The summed E-state index contributed by atoms with van der Waals surface area (Å²) in [4.78, 5) is 11.7. The summed E-state index contributed by atoms with van der Waals surface area (Å²) in [7, 11) is -2.20. The Hall–Kier alpha value is -1.44. The van der Waals surface area contributed by atoms with Gasteiger partial charge in [0.05, 0.1) is 18.4 Å². The zero-order valence-corrected chi connectivity index (χ0v) is 13.5. The highest BCUT2D eigenvalue weighted by atomic mass is 32.2. The Morgan fingerprint density at radius 3 is 2.86 bits per heavy atom. The number of sulfonamides is 1. The second-order valence-corrected chi connectivity index (χ2v) is 7.28. The third kappa shape index (κ3) is 4.79. The number of benzene rings is 1. The molecule has 0 amide bonds. The molecule has 7 heteroatoms. The Labute approximate surface area is 131 Å². The first-order valence-corrected chi connectivity index (χ1v) is 9.01. The highest BCUT2D eigenvalue weighted by Crippen LogP contribution is 2.14. The molecule has 1 atom stereocenters. The van der Waals surface area contributed by atoms with Crippen LogP contribution in [0.1, 0.15) is 28.8 Å². The third-order valence-electron chi connectivity index (χ3n) is 3.76. The topological polar surface area (TPSA) is 84.5 Å². The first-order valence-electron chi connectivity index (χ1n) is 7.36. The Morgan fingerprint density at radius 1 is 1.41 bits per heavy atom. The summed E-state index contributed by atoms with van der Waals surface area (Å²) in [6.07, 6.45) is 2.09. The average Bonchev–Trinajstić information content (AvgIpc) is 2.53. The number of methoxy groups -OCH3 is 1. The molecule has 0 saturated carbocycles. The zero-order valence-electron chi connectivity index (χ0n) is 12.7. The fourth-order valence-electron chi connectivity index (χ4n) is 2.55. The fraction of sp³-hybridized carbons (Fsp3) is 0.533. The summed E-state index contributed by atoms with van der Waals surface area (Å²) in [5, 5.41) is 3.26. The van der Waals surface area contributed by atoms with E-state index in [9.17, 15) is 13.2 Å². The molecular formula is C15H22N2O4S. The van der Waals surface area contributed by atoms with Crippen LogP contribution in [0.3, 0.4) is 0 Å². The maximum absolute atomic E-state index is 12.2. The minimum Gasteiger partial charge on any atom is -0.465 e. The maximum atomic E-state index is 12.2. The van der Waals surface area contributed by atoms with Gasteiger partial charge in [0.25, 0.3) is 0 Å². The van der Waals surface area contributed by atoms with E-state index in [0.717, 1.165) is 25.9 Å². The maximum Gasteiger partial charge on any atom is 0.338 e. The number of carbonyl (C=O) groups is 1. The molecule has 1 saturated heterocycles. The van der Waals surface area contributed by atoms with Gasteiger partial charge in [0.15, 0.2) is 0 Å². The molecular weight excluding hydrogens is 304 g/mol. The minimum absolute atomic E-state index is 0.224. The molecule has 2 N–H and O–H groups in total. The van der Waals surface area contributed by atoms with Crippen LogP contribution in [0.25, 0.3) is 0 Å². The van der Waals surface area contributed by atoms with Crippen molar-refractivity contribution in [2.45, 2.75) is 18.6 Å². The molecule has 0 aromatic heterocycles. The molecule has 0 radical (unpaired) electrons. The Morgan fingerprint density at radius 2 is 2.18 bits per heavy atom. The van der Waals surface area contributed by atoms with Gasteiger partial charge in [-0.05, 0) is 43.5 Å². The molecule has 0 spiro atoms. The first kappa shape index (κ1) is 16.9. The number of nitrogens with one attached hydrogen (secondary N) is 2. The van der Waals surface area contributed by atoms with Gasteiger partial charge in [0, 0.05) is 6.54 Å². The second-order valence-electron chi connectivity index (χ2n) is 5.47. The van der Waals surface area contributed by atoms with E-state index in [1.165, 1.54) is 7.11 Å². The third-order valence-corrected chi connectivity index (χ3v) is 5.06. The molecule has 1 aromatic rings. The summed E-state index contributed by atoms with van der Waals surface area (Å²) >= 11 is 0. The molecule has 122 valence electrons. The van der Waals surface area contributed by atoms with Crippen LogP contribution in [-0.2, 0) is 20.5 Å². The molecule has 1 aliphatic heterocycles. The number of piperidine rings is 1. The summed E-state index contributed by atoms with van der Waals surface area (Å²) in [6, 6.07) is 6.60. The zero-order chi connectivity index (χ0) is 16.0. The molecule has 22 heavy (non-hydrogen) atoms. The van der Waals surface area contributed by atoms with E-state index >= 15 is 0 Å². The van der Waals surface area contributed by atoms with Gasteiger partial charge in [0.2, 0.25) is 10.0 Å². The Bertz CT molecular complexity index is 610. The molecule has 1 unspecified atom stereocenters. The van der Waals surface area contributed by atoms with Crippen LogP contribution in [-0.4, -0.2) is 41.1 Å². The van der Waals surface area contributed by atoms with Crippen LogP contribution in [0.2, 0.25) is 0 Å². The standard InChI is InChI=1S/C15H22N2O4S/c1-21-15(18)14-7-3-2-6-13(14)11-22(19,20)17-10-12-5-4-8-16-9-12/h2-3,6-7,12,16-17H,4-5,8-11H2,1H3. The van der Waals surface area contributed by atoms with Gasteiger partial charge < -0.3 is 10.1 Å². The van der Waals surface area contributed by atoms with E-state index < -0.39 is 16.0 Å². The van der Waals surface area contributed by atoms with Crippen LogP contribution in [0.5, 0.6) is 0 Å². The van der Waals surface area contributed by atoms with E-state index in [0.29, 0.717) is 18.0 Å². The SMILES string of the molecule is COC(=O)c1ccccc1CS(=O)(=O)NCC1CCCNC1. The van der Waals surface area contributed by atoms with Crippen LogP contribution < -0.4 is 10.0 Å². The molecule has 1 fully saturated rings. The molecule has 1 aliphatic rings. The number of ether oxygens (including phenoxy) is 1. The molecule has 0 bridgehead atoms. The lowest BCUT2D eigenvalue weighted by molar-refractivity contribution is 0.0600. The fourth-order valence-corrected chi connectivity index (χ4v) is 3.81. The number of carbonyl (C=O) groups excluding carboxylic acids is 1. The van der Waals surface area contributed by atoms with Crippen LogP contribution in [0, 0.1) is 5.92 Å². The lowest BCUT2D eigenvalue weighted by atomic mass is 10.0. The van der Waals surface area contributed by atoms with Gasteiger partial charge in [-0.25, -0.2) is 17.9 Å². The van der Waals surface area contributed by atoms with Crippen molar-refractivity contribution in [2.24, 2.45) is 5.92 Å². The van der Waals surface area contributed by atoms with Gasteiger partial charge in [-0.2, -0.15) is 0 Å². The smallest absolute Gasteiger partial charge is 0.338 e. The van der Waals surface area contributed by atoms with Gasteiger partial charge in [0.1, 0.15) is 0 Å². The summed E-state index contributed by atoms with van der Waals surface area (Å²) in [5.74, 6) is -0.431. The predicted octanol–water partition coefficient (Wildman–Crippen LogP) is 0.892. The Kier molecular flexibility index (Phi) is 5.93. The molecule has 2 rings (SSSR count). The van der Waals surface area contributed by atoms with Gasteiger partial charge in [-0.1, -0.05) is 18.2 Å². The number of esters is 1. The highest BCUT2D eigenvalue weighted by Gasteiger charge is 2.20. The number of hydrogen-bond acceptors (Lipinski definition) is 5. The van der Waals surface area contributed by atoms with Crippen molar-refractivity contribution in [2.75, 3.05) is 26.7 Å². The van der Waals surface area contributed by atoms with Crippen LogP contribution in [0.4, 0.5) is 0 Å². The second kappa shape index (κ2) is 7.71. The first-order chi connectivity index (χ1) is 10.5. The monoisotopic (exact) mass is 326 g/mol. The minimum atomic E-state index is -3.48. The van der Waals surface area contributed by atoms with Crippen LogP contribution in [0.15, 0.2) is 24.3 Å². The Balaban J connectivity index is 2.00. The van der Waals surface area contributed by atoms with Crippen molar-refractivity contribution in [3.63, 3.8) is 0 Å². The van der Waals surface area contributed by atoms with Crippen molar-refractivity contribution >= 4 is 16.0 Å². The molecule has 1 heterocycles. The predicted molar refractivity (Wildman–Crippen MR) is 84.0 cm³/mol. The summed E-state index contributed by atoms with van der Waals surface area (Å²) in [6.45, 7) is 2.26. The quantitative estimate of drug-likeness (QED) is 0.759. The van der Waals surface area contributed by atoms with E-state index in [4.69, 9.17) is 0 Å². The summed E-state index contributed by atoms with van der Waals surface area (Å²) < 4.78 is 31.8. The molecule has 1 aromatic carbocycles. The molecule has 0 aliphatic carbocycles. The van der Waals surface area contributed by atoms with E-state index in [2.05, 4.69) is 14.8 Å². The lowest BCUT2D eigenvalue weighted by Crippen LogP contribution is -2.38. The average molecular weight is 326 g/mol. The normalized spacial score (nSPS) is 18.9. The lowest BCUT2D eigenvalue weighted by Gasteiger charge is -2.22. The number of hydrogen-bond donors (Lipinski definition) is 2. The summed E-state index contributed by atoms with van der Waals surface area (Å²) in [5.41, 5.74) is 0.735. The van der Waals surface area contributed by atoms with Crippen molar-refractivity contribution < 1.29 is 17.9 Å². The van der Waals surface area contributed by atoms with Crippen molar-refractivity contribution in [1.29, 1.82) is 0 Å². The van der Waals surface area contributed by atoms with E-state index in [1.807, 2.05) is 0 Å². The highest BCUT2D eigenvalue weighted by molar-refractivity contribution is 7.88. The van der Waals surface area contributed by atoms with Gasteiger partial charge in [-0.3, -0.25) is 0 Å². The van der Waals surface area contributed by atoms with Gasteiger partial charge >= 0.3 is 5.97 Å². The van der Waals surface area contributed by atoms with E-state index in [-0.39, 0.29) is 11.3 Å².